The molecule has 0 radical (unpaired) electrons. The maximum absolute atomic E-state index is 12.1. The largest absolute Gasteiger partial charge is 0.484 e. The summed E-state index contributed by atoms with van der Waals surface area (Å²) in [4.78, 5) is 28.0. The van der Waals surface area contributed by atoms with Crippen molar-refractivity contribution < 1.29 is 18.7 Å². The number of aromatic nitrogens is 1. The Balaban J connectivity index is 1.37. The van der Waals surface area contributed by atoms with Gasteiger partial charge >= 0.3 is 0 Å². The topological polar surface area (TPSA) is 81.4 Å². The summed E-state index contributed by atoms with van der Waals surface area (Å²) in [7, 11) is 0. The Morgan fingerprint density at radius 2 is 1.79 bits per heavy atom. The number of nitrogens with zero attached hydrogens (tertiary/aromatic N) is 1. The van der Waals surface area contributed by atoms with Crippen molar-refractivity contribution in [3.63, 3.8) is 0 Å². The van der Waals surface area contributed by atoms with E-state index in [0.29, 0.717) is 22.9 Å². The number of ketones is 1. The van der Waals surface area contributed by atoms with Gasteiger partial charge in [-0.1, -0.05) is 24.3 Å². The zero-order valence-corrected chi connectivity index (χ0v) is 15.7. The van der Waals surface area contributed by atoms with Gasteiger partial charge in [0.05, 0.1) is 0 Å². The predicted molar refractivity (Wildman–Crippen MR) is 110 cm³/mol. The lowest BCUT2D eigenvalue weighted by Gasteiger charge is -2.08. The van der Waals surface area contributed by atoms with Crippen LogP contribution in [0.3, 0.4) is 0 Å². The van der Waals surface area contributed by atoms with Gasteiger partial charge in [0.1, 0.15) is 11.3 Å². The highest BCUT2D eigenvalue weighted by molar-refractivity contribution is 5.94. The van der Waals surface area contributed by atoms with Crippen molar-refractivity contribution in [3.05, 3.63) is 78.4 Å². The molecule has 29 heavy (non-hydrogen) atoms. The fraction of sp³-hybridized carbons (Fsp3) is 0.0870. The van der Waals surface area contributed by atoms with Crippen molar-refractivity contribution in [2.75, 3.05) is 11.9 Å². The van der Waals surface area contributed by atoms with Crippen LogP contribution in [0.1, 0.15) is 17.3 Å². The predicted octanol–water partition coefficient (Wildman–Crippen LogP) is 4.71. The molecule has 0 aliphatic heterocycles. The molecule has 0 aliphatic rings. The van der Waals surface area contributed by atoms with Gasteiger partial charge in [-0.2, -0.15) is 0 Å². The van der Waals surface area contributed by atoms with Gasteiger partial charge in [-0.3, -0.25) is 9.59 Å². The van der Waals surface area contributed by atoms with Crippen LogP contribution in [-0.2, 0) is 4.79 Å². The Hall–Kier alpha value is -3.93. The van der Waals surface area contributed by atoms with Crippen LogP contribution in [-0.4, -0.2) is 23.3 Å². The van der Waals surface area contributed by atoms with Crippen molar-refractivity contribution in [2.24, 2.45) is 0 Å². The SMILES string of the molecule is CC(=O)c1cccc(OCC(=O)Nc2ccc(-c3nc4ccccc4o3)cc2)c1. The Kier molecular flexibility index (Phi) is 5.07. The number of nitrogens with one attached hydrogen (secondary N) is 1. The molecule has 0 fully saturated rings. The molecule has 1 N–H and O–H groups in total. The van der Waals surface area contributed by atoms with Gasteiger partial charge in [-0.15, -0.1) is 0 Å². The Morgan fingerprint density at radius 1 is 1.00 bits per heavy atom. The first-order chi connectivity index (χ1) is 14.1. The normalized spacial score (nSPS) is 10.7. The number of carbonyl (C=O) groups excluding carboxylic acids is 2. The minimum Gasteiger partial charge on any atom is -0.484 e. The monoisotopic (exact) mass is 386 g/mol. The van der Waals surface area contributed by atoms with Gasteiger partial charge in [-0.05, 0) is 55.5 Å². The average molecular weight is 386 g/mol. The summed E-state index contributed by atoms with van der Waals surface area (Å²) in [6.45, 7) is 1.32. The number of hydrogen-bond donors (Lipinski definition) is 1. The fourth-order valence-electron chi connectivity index (χ4n) is 2.84. The first kappa shape index (κ1) is 18.4. The Bertz CT molecular complexity index is 1150. The number of carbonyl (C=O) groups is 2. The van der Waals surface area contributed by atoms with E-state index in [4.69, 9.17) is 9.15 Å². The molecule has 0 bridgehead atoms. The van der Waals surface area contributed by atoms with E-state index in [9.17, 15) is 9.59 Å². The van der Waals surface area contributed by atoms with Crippen molar-refractivity contribution in [1.29, 1.82) is 0 Å². The van der Waals surface area contributed by atoms with E-state index >= 15 is 0 Å². The summed E-state index contributed by atoms with van der Waals surface area (Å²) in [5, 5.41) is 2.77. The van der Waals surface area contributed by atoms with Crippen LogP contribution >= 0.6 is 0 Å². The van der Waals surface area contributed by atoms with Gasteiger partial charge in [0.15, 0.2) is 18.0 Å². The third-order valence-corrected chi connectivity index (χ3v) is 4.32. The summed E-state index contributed by atoms with van der Waals surface area (Å²) in [5.74, 6) is 0.642. The van der Waals surface area contributed by atoms with Crippen LogP contribution in [0.25, 0.3) is 22.6 Å². The summed E-state index contributed by atoms with van der Waals surface area (Å²) >= 11 is 0. The zero-order valence-electron chi connectivity index (χ0n) is 15.7. The number of rotatable bonds is 6. The highest BCUT2D eigenvalue weighted by atomic mass is 16.5. The zero-order chi connectivity index (χ0) is 20.2. The molecular formula is C23H18N2O4. The minimum absolute atomic E-state index is 0.0565. The van der Waals surface area contributed by atoms with E-state index < -0.39 is 0 Å². The first-order valence-electron chi connectivity index (χ1n) is 9.08. The Labute approximate surface area is 167 Å². The van der Waals surface area contributed by atoms with Crippen LogP contribution in [0.2, 0.25) is 0 Å². The number of fused-ring (bicyclic) bond motifs is 1. The number of anilines is 1. The second kappa shape index (κ2) is 7.98. The van der Waals surface area contributed by atoms with Crippen LogP contribution in [0.5, 0.6) is 5.75 Å². The molecular weight excluding hydrogens is 368 g/mol. The van der Waals surface area contributed by atoms with Gasteiger partial charge in [-0.25, -0.2) is 4.98 Å². The summed E-state index contributed by atoms with van der Waals surface area (Å²) < 4.78 is 11.2. The van der Waals surface area contributed by atoms with Crippen molar-refractivity contribution >= 4 is 28.5 Å². The second-order valence-corrected chi connectivity index (χ2v) is 6.48. The number of Topliss-reactive ketones (excluding diaryl/α,β-unsaturated/α-hetero) is 1. The second-order valence-electron chi connectivity index (χ2n) is 6.48. The van der Waals surface area contributed by atoms with Crippen molar-refractivity contribution in [1.82, 2.24) is 4.98 Å². The molecule has 4 aromatic rings. The Morgan fingerprint density at radius 3 is 2.55 bits per heavy atom. The van der Waals surface area contributed by atoms with Gasteiger partial charge in [0.25, 0.3) is 5.91 Å². The quantitative estimate of drug-likeness (QED) is 0.485. The van der Waals surface area contributed by atoms with Crippen LogP contribution in [0, 0.1) is 0 Å². The maximum atomic E-state index is 12.1. The molecule has 4 rings (SSSR count). The van der Waals surface area contributed by atoms with Crippen LogP contribution in [0.15, 0.2) is 77.2 Å². The first-order valence-corrected chi connectivity index (χ1v) is 9.08. The molecule has 1 aromatic heterocycles. The summed E-state index contributed by atoms with van der Waals surface area (Å²) in [6.07, 6.45) is 0. The van der Waals surface area contributed by atoms with Gasteiger partial charge in [0.2, 0.25) is 5.89 Å². The summed E-state index contributed by atoms with van der Waals surface area (Å²) in [5.41, 5.74) is 3.52. The third kappa shape index (κ3) is 4.32. The molecule has 0 aliphatic carbocycles. The molecule has 6 nitrogen and oxygen atoms in total. The molecule has 0 unspecified atom stereocenters. The lowest BCUT2D eigenvalue weighted by molar-refractivity contribution is -0.118. The number of benzene rings is 3. The average Bonchev–Trinajstić information content (AvgIpc) is 3.17. The van der Waals surface area contributed by atoms with Crippen molar-refractivity contribution in [3.8, 4) is 17.2 Å². The third-order valence-electron chi connectivity index (χ3n) is 4.32. The van der Waals surface area contributed by atoms with E-state index in [-0.39, 0.29) is 18.3 Å². The van der Waals surface area contributed by atoms with E-state index in [0.717, 1.165) is 16.7 Å². The molecule has 0 atom stereocenters. The standard InChI is InChI=1S/C23H18N2O4/c1-15(26)17-5-4-6-19(13-17)28-14-22(27)24-18-11-9-16(10-12-18)23-25-20-7-2-3-8-21(20)29-23/h2-13H,14H2,1H3,(H,24,27). The highest BCUT2D eigenvalue weighted by Crippen LogP contribution is 2.25. The van der Waals surface area contributed by atoms with Crippen molar-refractivity contribution in [2.45, 2.75) is 6.92 Å². The molecule has 0 saturated heterocycles. The fourth-order valence-corrected chi connectivity index (χ4v) is 2.84. The van der Waals surface area contributed by atoms with E-state index in [1.54, 1.807) is 36.4 Å². The number of amides is 1. The van der Waals surface area contributed by atoms with Gasteiger partial charge in [0, 0.05) is 16.8 Å². The van der Waals surface area contributed by atoms with Crippen LogP contribution < -0.4 is 10.1 Å². The molecule has 0 spiro atoms. The van der Waals surface area contributed by atoms with Crippen LogP contribution in [0.4, 0.5) is 5.69 Å². The van der Waals surface area contributed by atoms with Gasteiger partial charge < -0.3 is 14.5 Å². The molecule has 144 valence electrons. The maximum Gasteiger partial charge on any atom is 0.262 e. The number of para-hydroxylation sites is 2. The number of oxazole rings is 1. The summed E-state index contributed by atoms with van der Waals surface area (Å²) in [6, 6.07) is 21.5. The number of hydrogen-bond acceptors (Lipinski definition) is 5. The lowest BCUT2D eigenvalue weighted by Crippen LogP contribution is -2.20. The molecule has 1 heterocycles. The highest BCUT2D eigenvalue weighted by Gasteiger charge is 2.09. The van der Waals surface area contributed by atoms with E-state index in [1.807, 2.05) is 36.4 Å². The smallest absolute Gasteiger partial charge is 0.262 e. The molecule has 6 heteroatoms. The molecule has 0 saturated carbocycles. The molecule has 3 aromatic carbocycles. The minimum atomic E-state index is -0.298. The molecule has 1 amide bonds. The lowest BCUT2D eigenvalue weighted by atomic mass is 10.1. The van der Waals surface area contributed by atoms with E-state index in [1.165, 1.54) is 6.92 Å². The van der Waals surface area contributed by atoms with E-state index in [2.05, 4.69) is 10.3 Å². The number of ether oxygens (including phenoxy) is 1.